The first-order valence-electron chi connectivity index (χ1n) is 4.60. The summed E-state index contributed by atoms with van der Waals surface area (Å²) >= 11 is 2.75. The molecule has 0 saturated heterocycles. The average molecular weight is 331 g/mol. The summed E-state index contributed by atoms with van der Waals surface area (Å²) in [5, 5.41) is 8.76. The van der Waals surface area contributed by atoms with Crippen LogP contribution in [-0.4, -0.2) is 30.3 Å². The third kappa shape index (κ3) is 3.34. The summed E-state index contributed by atoms with van der Waals surface area (Å²) in [4.78, 5) is 10.8. The van der Waals surface area contributed by atoms with Gasteiger partial charge in [-0.15, -0.1) is 0 Å². The van der Waals surface area contributed by atoms with Gasteiger partial charge in [-0.05, 0) is 28.1 Å². The van der Waals surface area contributed by atoms with Crippen molar-refractivity contribution in [2.45, 2.75) is 12.5 Å². The zero-order valence-electron chi connectivity index (χ0n) is 8.67. The second-order valence-corrected chi connectivity index (χ2v) is 4.07. The Kier molecular flexibility index (Phi) is 4.94. The van der Waals surface area contributed by atoms with E-state index in [1.54, 1.807) is 0 Å². The molecule has 0 aliphatic rings. The molecule has 1 atom stereocenters. The maximum atomic E-state index is 13.1. The van der Waals surface area contributed by atoms with Gasteiger partial charge in [0, 0.05) is 0 Å². The number of carboxylic acids is 1. The van der Waals surface area contributed by atoms with E-state index in [1.165, 1.54) is 0 Å². The number of hydrogen-bond donors (Lipinski definition) is 1. The zero-order chi connectivity index (χ0) is 13.9. The van der Waals surface area contributed by atoms with Crippen LogP contribution in [0, 0.1) is 5.82 Å². The smallest absolute Gasteiger partial charge is 0.339 e. The number of carboxylic acid groups (broad SMARTS) is 1. The summed E-state index contributed by atoms with van der Waals surface area (Å²) in [6, 6.07) is 1.46. The molecular formula is C10H7BrF4O3. The summed E-state index contributed by atoms with van der Waals surface area (Å²) in [7, 11) is 0. The summed E-state index contributed by atoms with van der Waals surface area (Å²) in [6.45, 7) is -1.49. The summed E-state index contributed by atoms with van der Waals surface area (Å²) in [5.41, 5.74) is -0.658. The number of aromatic carboxylic acids is 1. The van der Waals surface area contributed by atoms with E-state index in [0.717, 1.165) is 6.07 Å². The van der Waals surface area contributed by atoms with Crippen molar-refractivity contribution in [2.24, 2.45) is 0 Å². The molecular weight excluding hydrogens is 324 g/mol. The van der Waals surface area contributed by atoms with Crippen molar-refractivity contribution in [3.05, 3.63) is 28.0 Å². The van der Waals surface area contributed by atoms with Crippen LogP contribution in [0.4, 0.5) is 17.6 Å². The van der Waals surface area contributed by atoms with Crippen molar-refractivity contribution >= 4 is 21.9 Å². The number of alkyl halides is 3. The second-order valence-electron chi connectivity index (χ2n) is 3.21. The normalized spacial score (nSPS) is 12.6. The van der Waals surface area contributed by atoms with Crippen LogP contribution in [0.2, 0.25) is 0 Å². The largest absolute Gasteiger partial charge is 0.481 e. The highest BCUT2D eigenvalue weighted by Crippen LogP contribution is 2.28. The molecule has 0 aliphatic heterocycles. The van der Waals surface area contributed by atoms with Gasteiger partial charge < -0.3 is 9.84 Å². The molecule has 0 saturated carbocycles. The molecule has 0 fully saturated rings. The molecule has 8 heteroatoms. The molecule has 100 valence electrons. The number of benzene rings is 1. The topological polar surface area (TPSA) is 46.5 Å². The molecule has 1 N–H and O–H groups in total. The van der Waals surface area contributed by atoms with Crippen LogP contribution < -0.4 is 4.74 Å². The first-order valence-corrected chi connectivity index (χ1v) is 5.39. The van der Waals surface area contributed by atoms with Gasteiger partial charge in [-0.2, -0.15) is 0 Å². The van der Waals surface area contributed by atoms with E-state index in [4.69, 9.17) is 5.11 Å². The average Bonchev–Trinajstić information content (AvgIpc) is 2.29. The molecule has 0 unspecified atom stereocenters. The third-order valence-electron chi connectivity index (χ3n) is 1.96. The first-order chi connectivity index (χ1) is 8.36. The van der Waals surface area contributed by atoms with Crippen LogP contribution in [0.25, 0.3) is 0 Å². The molecule has 0 spiro atoms. The van der Waals surface area contributed by atoms with Gasteiger partial charge in [0.1, 0.15) is 23.8 Å². The van der Waals surface area contributed by atoms with Crippen LogP contribution in [-0.2, 0) is 0 Å². The lowest BCUT2D eigenvalue weighted by atomic mass is 10.2. The van der Waals surface area contributed by atoms with Crippen molar-refractivity contribution in [2.75, 3.05) is 6.67 Å². The van der Waals surface area contributed by atoms with E-state index >= 15 is 0 Å². The fourth-order valence-electron chi connectivity index (χ4n) is 1.11. The number of halogens is 5. The summed E-state index contributed by atoms with van der Waals surface area (Å²) < 4.78 is 54.4. The maximum Gasteiger partial charge on any atom is 0.339 e. The van der Waals surface area contributed by atoms with Crippen LogP contribution >= 0.6 is 15.9 Å². The molecule has 0 amide bonds. The van der Waals surface area contributed by atoms with Crippen molar-refractivity contribution in [1.29, 1.82) is 0 Å². The standard InChI is InChI=1S/C10H7BrF4O3/c11-5-2-7(18-8(3-12)9(14)15)4(10(16)17)1-6(5)13/h1-2,8-9H,3H2,(H,16,17)/t8-/m0/s1. The van der Waals surface area contributed by atoms with Crippen molar-refractivity contribution in [3.8, 4) is 5.75 Å². The zero-order valence-corrected chi connectivity index (χ0v) is 10.3. The van der Waals surface area contributed by atoms with Gasteiger partial charge in [0.05, 0.1) is 4.47 Å². The Balaban J connectivity index is 3.14. The number of rotatable bonds is 5. The lowest BCUT2D eigenvalue weighted by Crippen LogP contribution is -2.28. The SMILES string of the molecule is O=C(O)c1cc(F)c(Br)cc1O[C@@H](CF)C(F)F. The predicted octanol–water partition coefficient (Wildman–Crippen LogP) is 3.27. The van der Waals surface area contributed by atoms with Gasteiger partial charge >= 0.3 is 5.97 Å². The molecule has 0 heterocycles. The lowest BCUT2D eigenvalue weighted by molar-refractivity contribution is -0.00201. The molecule has 0 aliphatic carbocycles. The Morgan fingerprint density at radius 1 is 1.44 bits per heavy atom. The predicted molar refractivity (Wildman–Crippen MR) is 57.5 cm³/mol. The van der Waals surface area contributed by atoms with Crippen LogP contribution in [0.3, 0.4) is 0 Å². The fourth-order valence-corrected chi connectivity index (χ4v) is 1.43. The first kappa shape index (κ1) is 14.7. The number of carbonyl (C=O) groups is 1. The van der Waals surface area contributed by atoms with Gasteiger partial charge in [0.2, 0.25) is 0 Å². The van der Waals surface area contributed by atoms with E-state index in [2.05, 4.69) is 20.7 Å². The molecule has 0 bridgehead atoms. The van der Waals surface area contributed by atoms with Crippen molar-refractivity contribution in [3.63, 3.8) is 0 Å². The van der Waals surface area contributed by atoms with E-state index in [0.29, 0.717) is 6.07 Å². The van der Waals surface area contributed by atoms with Gasteiger partial charge in [-0.25, -0.2) is 22.4 Å². The Hall–Kier alpha value is -1.31. The lowest BCUT2D eigenvalue weighted by Gasteiger charge is -2.17. The van der Waals surface area contributed by atoms with E-state index in [-0.39, 0.29) is 4.47 Å². The molecule has 18 heavy (non-hydrogen) atoms. The summed E-state index contributed by atoms with van der Waals surface area (Å²) in [6.07, 6.45) is -5.22. The highest BCUT2D eigenvalue weighted by molar-refractivity contribution is 9.10. The van der Waals surface area contributed by atoms with Gasteiger partial charge in [0.15, 0.2) is 6.10 Å². The van der Waals surface area contributed by atoms with E-state index in [1.807, 2.05) is 0 Å². The second kappa shape index (κ2) is 6.03. The Labute approximate surface area is 107 Å². The van der Waals surface area contributed by atoms with Crippen LogP contribution in [0.5, 0.6) is 5.75 Å². The minimum atomic E-state index is -3.12. The molecule has 1 aromatic rings. The monoisotopic (exact) mass is 330 g/mol. The van der Waals surface area contributed by atoms with E-state index in [9.17, 15) is 22.4 Å². The Morgan fingerprint density at radius 2 is 2.06 bits per heavy atom. The minimum absolute atomic E-state index is 0.172. The van der Waals surface area contributed by atoms with Crippen LogP contribution in [0.1, 0.15) is 10.4 Å². The van der Waals surface area contributed by atoms with Crippen LogP contribution in [0.15, 0.2) is 16.6 Å². The van der Waals surface area contributed by atoms with E-state index < -0.39 is 42.3 Å². The van der Waals surface area contributed by atoms with Crippen molar-refractivity contribution in [1.82, 2.24) is 0 Å². The highest BCUT2D eigenvalue weighted by Gasteiger charge is 2.25. The van der Waals surface area contributed by atoms with Gasteiger partial charge in [-0.3, -0.25) is 0 Å². The fraction of sp³-hybridized carbons (Fsp3) is 0.300. The third-order valence-corrected chi connectivity index (χ3v) is 2.57. The number of hydrogen-bond acceptors (Lipinski definition) is 2. The highest BCUT2D eigenvalue weighted by atomic mass is 79.9. The minimum Gasteiger partial charge on any atom is -0.481 e. The molecule has 3 nitrogen and oxygen atoms in total. The molecule has 1 rings (SSSR count). The van der Waals surface area contributed by atoms with Gasteiger partial charge in [0.25, 0.3) is 6.43 Å². The number of ether oxygens (including phenoxy) is 1. The maximum absolute atomic E-state index is 13.1. The van der Waals surface area contributed by atoms with Crippen molar-refractivity contribution < 1.29 is 32.2 Å². The summed E-state index contributed by atoms with van der Waals surface area (Å²) in [5.74, 6) is -2.99. The Morgan fingerprint density at radius 3 is 2.50 bits per heavy atom. The van der Waals surface area contributed by atoms with Gasteiger partial charge in [-0.1, -0.05) is 0 Å². The molecule has 0 aromatic heterocycles. The quantitative estimate of drug-likeness (QED) is 0.843. The Bertz CT molecular complexity index is 453. The molecule has 0 radical (unpaired) electrons. The molecule has 1 aromatic carbocycles.